The Balaban J connectivity index is 1.72. The fourth-order valence-corrected chi connectivity index (χ4v) is 3.41. The normalized spacial score (nSPS) is 10.9. The van der Waals surface area contributed by atoms with Crippen molar-refractivity contribution in [3.63, 3.8) is 0 Å². The molecule has 0 unspecified atom stereocenters. The van der Waals surface area contributed by atoms with Gasteiger partial charge in [-0.05, 0) is 19.9 Å². The minimum Gasteiger partial charge on any atom is -0.384 e. The number of carbonyl (C=O) groups is 2. The van der Waals surface area contributed by atoms with E-state index in [1.54, 1.807) is 19.9 Å². The quantitative estimate of drug-likeness (QED) is 0.530. The summed E-state index contributed by atoms with van der Waals surface area (Å²) in [5.74, 6) is -1.24. The van der Waals surface area contributed by atoms with Gasteiger partial charge in [-0.15, -0.1) is 0 Å². The van der Waals surface area contributed by atoms with Crippen LogP contribution in [0, 0.1) is 12.4 Å². The Hall–Kier alpha value is -3.71. The standard InChI is InChI=1S/C21H21ClFN7O2/c1-12(2)30(9-16(31)26-7-13-5-4-6-14(22)19(13)23)17(32)10-29-8-15(25-3)18-20(24)27-11-28-21(18)29/h4-6,8,11-12H,7,9-10H2,1-2H3,(H,26,31)(H2,24,27,28). The summed E-state index contributed by atoms with van der Waals surface area (Å²) in [5, 5.41) is 2.96. The molecule has 0 saturated carbocycles. The van der Waals surface area contributed by atoms with Crippen molar-refractivity contribution in [1.29, 1.82) is 0 Å². The predicted molar refractivity (Wildman–Crippen MR) is 118 cm³/mol. The van der Waals surface area contributed by atoms with Gasteiger partial charge in [0.15, 0.2) is 0 Å². The summed E-state index contributed by atoms with van der Waals surface area (Å²) in [6, 6.07) is 4.25. The van der Waals surface area contributed by atoms with Crippen LogP contribution in [0.15, 0.2) is 30.7 Å². The number of nitrogens with zero attached hydrogens (tertiary/aromatic N) is 5. The smallest absolute Gasteiger partial charge is 0.243 e. The number of aromatic nitrogens is 3. The van der Waals surface area contributed by atoms with Gasteiger partial charge in [0.05, 0.1) is 23.5 Å². The van der Waals surface area contributed by atoms with Gasteiger partial charge < -0.3 is 20.5 Å². The average Bonchev–Trinajstić information content (AvgIpc) is 3.11. The Morgan fingerprint density at radius 1 is 1.38 bits per heavy atom. The van der Waals surface area contributed by atoms with Gasteiger partial charge in [-0.25, -0.2) is 19.2 Å². The molecule has 0 aliphatic rings. The Morgan fingerprint density at radius 2 is 2.12 bits per heavy atom. The highest BCUT2D eigenvalue weighted by atomic mass is 35.5. The summed E-state index contributed by atoms with van der Waals surface area (Å²) in [7, 11) is 0. The number of nitrogens with one attached hydrogen (secondary N) is 1. The van der Waals surface area contributed by atoms with E-state index in [1.807, 2.05) is 0 Å². The van der Waals surface area contributed by atoms with E-state index in [4.69, 9.17) is 23.9 Å². The first-order chi connectivity index (χ1) is 15.2. The number of benzene rings is 1. The van der Waals surface area contributed by atoms with Gasteiger partial charge in [-0.2, -0.15) is 0 Å². The molecule has 2 heterocycles. The van der Waals surface area contributed by atoms with E-state index in [0.717, 1.165) is 0 Å². The number of fused-ring (bicyclic) bond motifs is 1. The molecule has 0 atom stereocenters. The van der Waals surface area contributed by atoms with Gasteiger partial charge in [0.25, 0.3) is 0 Å². The second-order valence-electron chi connectivity index (χ2n) is 7.32. The number of anilines is 1. The molecule has 0 aliphatic heterocycles. The van der Waals surface area contributed by atoms with Gasteiger partial charge in [-0.3, -0.25) is 9.59 Å². The van der Waals surface area contributed by atoms with E-state index in [2.05, 4.69) is 20.1 Å². The van der Waals surface area contributed by atoms with Crippen molar-refractivity contribution in [2.45, 2.75) is 33.0 Å². The summed E-state index contributed by atoms with van der Waals surface area (Å²) >= 11 is 5.76. The molecule has 166 valence electrons. The lowest BCUT2D eigenvalue weighted by Crippen LogP contribution is -2.45. The Labute approximate surface area is 188 Å². The Bertz CT molecular complexity index is 1220. The number of halogens is 2. The molecule has 1 aromatic carbocycles. The summed E-state index contributed by atoms with van der Waals surface area (Å²) in [6.45, 7) is 10.5. The third-order valence-electron chi connectivity index (χ3n) is 4.85. The zero-order chi connectivity index (χ0) is 23.4. The average molecular weight is 458 g/mol. The fourth-order valence-electron chi connectivity index (χ4n) is 3.22. The lowest BCUT2D eigenvalue weighted by molar-refractivity contribution is -0.138. The van der Waals surface area contributed by atoms with Crippen molar-refractivity contribution in [3.8, 4) is 0 Å². The van der Waals surface area contributed by atoms with Crippen LogP contribution in [0.3, 0.4) is 0 Å². The summed E-state index contributed by atoms with van der Waals surface area (Å²) in [5.41, 5.74) is 6.71. The second kappa shape index (κ2) is 9.62. The maximum absolute atomic E-state index is 14.0. The highest BCUT2D eigenvalue weighted by Crippen LogP contribution is 2.30. The third kappa shape index (κ3) is 4.78. The number of nitrogens with two attached hydrogens (primary N) is 1. The minimum atomic E-state index is -0.595. The zero-order valence-corrected chi connectivity index (χ0v) is 18.2. The number of hydrogen-bond donors (Lipinski definition) is 2. The van der Waals surface area contributed by atoms with E-state index >= 15 is 0 Å². The lowest BCUT2D eigenvalue weighted by Gasteiger charge is -2.26. The zero-order valence-electron chi connectivity index (χ0n) is 17.5. The molecule has 0 spiro atoms. The van der Waals surface area contributed by atoms with Crippen LogP contribution in [0.25, 0.3) is 15.9 Å². The molecule has 0 aliphatic carbocycles. The first-order valence-corrected chi connectivity index (χ1v) is 10.1. The molecule has 0 radical (unpaired) electrons. The van der Waals surface area contributed by atoms with Crippen LogP contribution in [0.2, 0.25) is 5.02 Å². The first-order valence-electron chi connectivity index (χ1n) is 9.68. The molecule has 11 heteroatoms. The SMILES string of the molecule is [C-]#[N+]c1cn(CC(=O)N(CC(=O)NCc2cccc(Cl)c2F)C(C)C)c2ncnc(N)c12. The van der Waals surface area contributed by atoms with Crippen LogP contribution in [0.4, 0.5) is 15.9 Å². The van der Waals surface area contributed by atoms with Crippen molar-refractivity contribution in [1.82, 2.24) is 24.8 Å². The van der Waals surface area contributed by atoms with Crippen LogP contribution >= 0.6 is 11.6 Å². The highest BCUT2D eigenvalue weighted by molar-refractivity contribution is 6.30. The highest BCUT2D eigenvalue weighted by Gasteiger charge is 2.23. The van der Waals surface area contributed by atoms with Gasteiger partial charge in [-0.1, -0.05) is 23.7 Å². The molecule has 2 aromatic heterocycles. The van der Waals surface area contributed by atoms with Crippen molar-refractivity contribution in [2.24, 2.45) is 0 Å². The van der Waals surface area contributed by atoms with Gasteiger partial charge in [0.2, 0.25) is 17.5 Å². The third-order valence-corrected chi connectivity index (χ3v) is 5.15. The van der Waals surface area contributed by atoms with Crippen molar-refractivity contribution in [2.75, 3.05) is 12.3 Å². The van der Waals surface area contributed by atoms with Crippen molar-refractivity contribution >= 4 is 46.0 Å². The topological polar surface area (TPSA) is 110 Å². The van der Waals surface area contributed by atoms with Crippen LogP contribution in [0.5, 0.6) is 0 Å². The number of rotatable bonds is 7. The van der Waals surface area contributed by atoms with Crippen molar-refractivity contribution in [3.05, 3.63) is 58.5 Å². The van der Waals surface area contributed by atoms with E-state index < -0.39 is 11.7 Å². The number of nitrogen functional groups attached to an aromatic ring is 1. The van der Waals surface area contributed by atoms with Gasteiger partial charge >= 0.3 is 0 Å². The largest absolute Gasteiger partial charge is 0.384 e. The molecule has 0 fully saturated rings. The minimum absolute atomic E-state index is 0.0297. The van der Waals surface area contributed by atoms with Gasteiger partial charge in [0.1, 0.15) is 30.2 Å². The summed E-state index contributed by atoms with van der Waals surface area (Å²) in [6.07, 6.45) is 2.75. The van der Waals surface area contributed by atoms with Crippen LogP contribution in [0.1, 0.15) is 19.4 Å². The molecule has 2 amide bonds. The van der Waals surface area contributed by atoms with E-state index in [1.165, 1.54) is 34.1 Å². The molecule has 0 bridgehead atoms. The first kappa shape index (κ1) is 23.0. The molecule has 9 nitrogen and oxygen atoms in total. The summed E-state index contributed by atoms with van der Waals surface area (Å²) < 4.78 is 15.5. The molecule has 0 saturated heterocycles. The molecule has 32 heavy (non-hydrogen) atoms. The Morgan fingerprint density at radius 3 is 2.81 bits per heavy atom. The lowest BCUT2D eigenvalue weighted by atomic mass is 10.2. The molecular weight excluding hydrogens is 437 g/mol. The number of carbonyl (C=O) groups excluding carboxylic acids is 2. The maximum atomic E-state index is 14.0. The Kier molecular flexibility index (Phi) is 6.90. The van der Waals surface area contributed by atoms with E-state index in [0.29, 0.717) is 11.0 Å². The molecule has 3 aromatic rings. The molecule has 3 rings (SSSR count). The van der Waals surface area contributed by atoms with E-state index in [9.17, 15) is 14.0 Å². The number of hydrogen-bond acceptors (Lipinski definition) is 5. The maximum Gasteiger partial charge on any atom is 0.243 e. The number of amides is 2. The molecule has 3 N–H and O–H groups in total. The molecular formula is C21H21ClFN7O2. The monoisotopic (exact) mass is 457 g/mol. The van der Waals surface area contributed by atoms with Crippen LogP contribution in [-0.4, -0.2) is 43.8 Å². The van der Waals surface area contributed by atoms with Crippen LogP contribution < -0.4 is 11.1 Å². The van der Waals surface area contributed by atoms with Gasteiger partial charge in [0, 0.05) is 24.3 Å². The van der Waals surface area contributed by atoms with Crippen LogP contribution in [-0.2, 0) is 22.7 Å². The van der Waals surface area contributed by atoms with Crippen molar-refractivity contribution < 1.29 is 14.0 Å². The fraction of sp³-hybridized carbons (Fsp3) is 0.286. The van der Waals surface area contributed by atoms with E-state index in [-0.39, 0.29) is 53.7 Å². The predicted octanol–water partition coefficient (Wildman–Crippen LogP) is 2.91. The summed E-state index contributed by atoms with van der Waals surface area (Å²) in [4.78, 5) is 38.3. The second-order valence-corrected chi connectivity index (χ2v) is 7.72.